The molecule has 0 fully saturated rings. The van der Waals surface area contributed by atoms with Crippen LogP contribution >= 0.6 is 23.4 Å². The van der Waals surface area contributed by atoms with Crippen molar-refractivity contribution in [1.29, 1.82) is 0 Å². The van der Waals surface area contributed by atoms with E-state index in [0.29, 0.717) is 12.4 Å². The minimum Gasteiger partial charge on any atom is -0.337 e. The molecule has 0 amide bonds. The lowest BCUT2D eigenvalue weighted by atomic mass is 10.2. The van der Waals surface area contributed by atoms with Crippen molar-refractivity contribution < 1.29 is 8.42 Å². The number of aryl methyl sites for hydroxylation is 2. The summed E-state index contributed by atoms with van der Waals surface area (Å²) in [5, 5.41) is 0.809. The highest BCUT2D eigenvalue weighted by Gasteiger charge is 2.17. The van der Waals surface area contributed by atoms with Crippen molar-refractivity contribution >= 4 is 33.4 Å². The Kier molecular flexibility index (Phi) is 6.52. The molecule has 0 unspecified atom stereocenters. The first-order chi connectivity index (χ1) is 10.9. The van der Waals surface area contributed by atoms with Gasteiger partial charge in [0.15, 0.2) is 5.03 Å². The minimum absolute atomic E-state index is 0.0753. The molecule has 2 rings (SSSR count). The third kappa shape index (κ3) is 5.53. The number of aromatic nitrogens is 2. The van der Waals surface area contributed by atoms with Crippen LogP contribution in [0.3, 0.4) is 0 Å². The Balaban J connectivity index is 1.69. The zero-order valence-electron chi connectivity index (χ0n) is 13.1. The SMILES string of the molecule is Cc1nc(S(=O)(=O)NCCCSCc2ccc(Cl)cc2)cn1C. The van der Waals surface area contributed by atoms with Gasteiger partial charge in [0.1, 0.15) is 5.82 Å². The molecule has 1 aromatic heterocycles. The third-order valence-corrected chi connectivity index (χ3v) is 6.00. The molecule has 0 radical (unpaired) electrons. The van der Waals surface area contributed by atoms with Crippen LogP contribution in [0.25, 0.3) is 0 Å². The fourth-order valence-electron chi connectivity index (χ4n) is 1.88. The number of rotatable bonds is 8. The van der Waals surface area contributed by atoms with Crippen molar-refractivity contribution in [1.82, 2.24) is 14.3 Å². The minimum atomic E-state index is -3.51. The molecule has 0 aliphatic rings. The molecular formula is C15H20ClN3O2S2. The summed E-state index contributed by atoms with van der Waals surface area (Å²) in [4.78, 5) is 4.04. The Morgan fingerprint density at radius 2 is 2.00 bits per heavy atom. The molecular weight excluding hydrogens is 354 g/mol. The molecule has 23 heavy (non-hydrogen) atoms. The number of hydrogen-bond acceptors (Lipinski definition) is 4. The summed E-state index contributed by atoms with van der Waals surface area (Å²) >= 11 is 7.61. The molecule has 5 nitrogen and oxygen atoms in total. The van der Waals surface area contributed by atoms with Crippen LogP contribution in [0.5, 0.6) is 0 Å². The van der Waals surface area contributed by atoms with E-state index in [1.807, 2.05) is 24.3 Å². The van der Waals surface area contributed by atoms with E-state index in [1.165, 1.54) is 11.8 Å². The van der Waals surface area contributed by atoms with Crippen molar-refractivity contribution in [3.63, 3.8) is 0 Å². The average Bonchev–Trinajstić information content (AvgIpc) is 2.85. The summed E-state index contributed by atoms with van der Waals surface area (Å²) in [6.07, 6.45) is 2.29. The molecule has 126 valence electrons. The summed E-state index contributed by atoms with van der Waals surface area (Å²) in [7, 11) is -1.74. The predicted molar refractivity (Wildman–Crippen MR) is 95.4 cm³/mol. The summed E-state index contributed by atoms with van der Waals surface area (Å²) in [6.45, 7) is 2.18. The van der Waals surface area contributed by atoms with Gasteiger partial charge in [-0.25, -0.2) is 18.1 Å². The Hall–Kier alpha value is -1.02. The smallest absolute Gasteiger partial charge is 0.259 e. The topological polar surface area (TPSA) is 64.0 Å². The van der Waals surface area contributed by atoms with Crippen molar-refractivity contribution in [2.75, 3.05) is 12.3 Å². The standard InChI is InChI=1S/C15H20ClN3O2S2/c1-12-18-15(10-19(12)2)23(20,21)17-8-3-9-22-11-13-4-6-14(16)7-5-13/h4-7,10,17H,3,8-9,11H2,1-2H3. The maximum Gasteiger partial charge on any atom is 0.259 e. The normalized spacial score (nSPS) is 11.8. The summed E-state index contributed by atoms with van der Waals surface area (Å²) in [6, 6.07) is 7.75. The number of nitrogens with zero attached hydrogens (tertiary/aromatic N) is 2. The van der Waals surface area contributed by atoms with Crippen molar-refractivity contribution in [2.45, 2.75) is 24.1 Å². The highest BCUT2D eigenvalue weighted by Crippen LogP contribution is 2.16. The van der Waals surface area contributed by atoms with E-state index in [1.54, 1.807) is 30.3 Å². The van der Waals surface area contributed by atoms with Gasteiger partial charge in [0.25, 0.3) is 10.0 Å². The highest BCUT2D eigenvalue weighted by molar-refractivity contribution is 7.98. The summed E-state index contributed by atoms with van der Waals surface area (Å²) in [5.74, 6) is 2.44. The van der Waals surface area contributed by atoms with Crippen LogP contribution in [0, 0.1) is 6.92 Å². The van der Waals surface area contributed by atoms with Gasteiger partial charge >= 0.3 is 0 Å². The van der Waals surface area contributed by atoms with Gasteiger partial charge < -0.3 is 4.57 Å². The van der Waals surface area contributed by atoms with Gasteiger partial charge in [-0.1, -0.05) is 23.7 Å². The Labute approximate surface area is 146 Å². The summed E-state index contributed by atoms with van der Waals surface area (Å²) in [5.41, 5.74) is 1.21. The number of halogens is 1. The van der Waals surface area contributed by atoms with E-state index in [9.17, 15) is 8.42 Å². The van der Waals surface area contributed by atoms with E-state index in [-0.39, 0.29) is 5.03 Å². The third-order valence-electron chi connectivity index (χ3n) is 3.30. The highest BCUT2D eigenvalue weighted by atomic mass is 35.5. The van der Waals surface area contributed by atoms with Gasteiger partial charge in [-0.2, -0.15) is 11.8 Å². The second kappa shape index (κ2) is 8.19. The van der Waals surface area contributed by atoms with Crippen molar-refractivity contribution in [3.8, 4) is 0 Å². The Morgan fingerprint density at radius 1 is 1.30 bits per heavy atom. The number of sulfonamides is 1. The predicted octanol–water partition coefficient (Wildman–Crippen LogP) is 2.98. The number of nitrogens with one attached hydrogen (secondary N) is 1. The van der Waals surface area contributed by atoms with Gasteiger partial charge in [0.05, 0.1) is 0 Å². The van der Waals surface area contributed by atoms with Gasteiger partial charge in [-0.3, -0.25) is 0 Å². The van der Waals surface area contributed by atoms with E-state index in [0.717, 1.165) is 22.9 Å². The van der Waals surface area contributed by atoms with Gasteiger partial charge in [-0.15, -0.1) is 0 Å². The van der Waals surface area contributed by atoms with E-state index < -0.39 is 10.0 Å². The lowest BCUT2D eigenvalue weighted by Crippen LogP contribution is -2.25. The zero-order valence-corrected chi connectivity index (χ0v) is 15.5. The van der Waals surface area contributed by atoms with Gasteiger partial charge in [0, 0.05) is 30.6 Å². The first kappa shape index (κ1) is 18.3. The number of thioether (sulfide) groups is 1. The first-order valence-electron chi connectivity index (χ1n) is 7.20. The second-order valence-corrected chi connectivity index (χ2v) is 8.42. The van der Waals surface area contributed by atoms with Crippen LogP contribution in [-0.2, 0) is 22.8 Å². The lowest BCUT2D eigenvalue weighted by molar-refractivity contribution is 0.577. The molecule has 0 atom stereocenters. The molecule has 8 heteroatoms. The fraction of sp³-hybridized carbons (Fsp3) is 0.400. The largest absolute Gasteiger partial charge is 0.337 e. The van der Waals surface area contributed by atoms with Crippen LogP contribution < -0.4 is 4.72 Å². The van der Waals surface area contributed by atoms with Crippen LogP contribution in [0.1, 0.15) is 17.8 Å². The Morgan fingerprint density at radius 3 is 2.61 bits per heavy atom. The molecule has 0 saturated heterocycles. The molecule has 0 saturated carbocycles. The van der Waals surface area contributed by atoms with Crippen LogP contribution in [0.2, 0.25) is 5.02 Å². The maximum absolute atomic E-state index is 12.1. The van der Waals surface area contributed by atoms with Crippen LogP contribution in [-0.4, -0.2) is 30.3 Å². The van der Waals surface area contributed by atoms with Gasteiger partial charge in [0.2, 0.25) is 0 Å². The second-order valence-electron chi connectivity index (χ2n) is 5.17. The number of benzene rings is 1. The summed E-state index contributed by atoms with van der Waals surface area (Å²) < 4.78 is 28.4. The lowest BCUT2D eigenvalue weighted by Gasteiger charge is -2.05. The molecule has 0 aliphatic heterocycles. The number of imidazole rings is 1. The molecule has 0 bridgehead atoms. The molecule has 2 aromatic rings. The molecule has 1 N–H and O–H groups in total. The molecule has 0 aliphatic carbocycles. The average molecular weight is 374 g/mol. The Bertz CT molecular complexity index is 723. The monoisotopic (exact) mass is 373 g/mol. The van der Waals surface area contributed by atoms with Gasteiger partial charge in [-0.05, 0) is 36.8 Å². The zero-order chi connectivity index (χ0) is 16.9. The quantitative estimate of drug-likeness (QED) is 0.722. The number of hydrogen-bond donors (Lipinski definition) is 1. The molecule has 1 heterocycles. The van der Waals surface area contributed by atoms with Crippen molar-refractivity contribution in [3.05, 3.63) is 46.9 Å². The first-order valence-corrected chi connectivity index (χ1v) is 10.2. The molecule has 0 spiro atoms. The molecule has 1 aromatic carbocycles. The van der Waals surface area contributed by atoms with Crippen LogP contribution in [0.4, 0.5) is 0 Å². The van der Waals surface area contributed by atoms with E-state index in [4.69, 9.17) is 11.6 Å². The maximum atomic E-state index is 12.1. The van der Waals surface area contributed by atoms with Crippen molar-refractivity contribution in [2.24, 2.45) is 7.05 Å². The fourth-order valence-corrected chi connectivity index (χ4v) is 4.04. The van der Waals surface area contributed by atoms with E-state index in [2.05, 4.69) is 9.71 Å². The van der Waals surface area contributed by atoms with Crippen LogP contribution in [0.15, 0.2) is 35.5 Å². The van der Waals surface area contributed by atoms with E-state index >= 15 is 0 Å².